The number of quaternary nitrogens is 1. The molecule has 154 valence electrons. The Kier molecular flexibility index (Phi) is 4.76. The van der Waals surface area contributed by atoms with Crippen LogP contribution < -0.4 is 15.3 Å². The molecule has 1 aliphatic rings. The number of benzene rings is 2. The smallest absolute Gasteiger partial charge is 0.202 e. The van der Waals surface area contributed by atoms with E-state index >= 15 is 0 Å². The van der Waals surface area contributed by atoms with Crippen LogP contribution in [0.25, 0.3) is 10.9 Å². The number of rotatable bonds is 5. The molecule has 5 rings (SSSR count). The van der Waals surface area contributed by atoms with Gasteiger partial charge in [0.25, 0.3) is 0 Å². The van der Waals surface area contributed by atoms with Gasteiger partial charge in [-0.05, 0) is 35.7 Å². The number of nitrogens with one attached hydrogen (secondary N) is 3. The molecule has 1 aliphatic heterocycles. The molecule has 0 radical (unpaired) electrons. The third-order valence-electron chi connectivity index (χ3n) is 5.71. The maximum absolute atomic E-state index is 11.2. The second-order valence-electron chi connectivity index (χ2n) is 7.50. The molecule has 0 saturated carbocycles. The Labute approximate surface area is 173 Å². The van der Waals surface area contributed by atoms with Crippen LogP contribution in [0.3, 0.4) is 0 Å². The third kappa shape index (κ3) is 3.25. The fraction of sp³-hybridized carbons (Fsp3) is 0.227. The maximum atomic E-state index is 11.2. The largest absolute Gasteiger partial charge is 0.595 e. The van der Waals surface area contributed by atoms with Gasteiger partial charge in [-0.3, -0.25) is 4.68 Å². The molecule has 30 heavy (non-hydrogen) atoms. The third-order valence-corrected chi connectivity index (χ3v) is 5.71. The summed E-state index contributed by atoms with van der Waals surface area (Å²) < 4.78 is 7.16. The molecule has 2 aromatic heterocycles. The lowest BCUT2D eigenvalue weighted by Gasteiger charge is -2.25. The number of H-pyrrole nitrogens is 1. The highest BCUT2D eigenvalue weighted by atomic mass is 16.8. The van der Waals surface area contributed by atoms with Gasteiger partial charge in [-0.2, -0.15) is 10.3 Å². The van der Waals surface area contributed by atoms with Crippen molar-refractivity contribution in [1.82, 2.24) is 20.1 Å². The molecule has 2 unspecified atom stereocenters. The zero-order valence-electron chi connectivity index (χ0n) is 16.6. The first kappa shape index (κ1) is 18.8. The molecule has 4 N–H and O–H groups in total. The van der Waals surface area contributed by atoms with Crippen LogP contribution in [0.1, 0.15) is 28.4 Å². The Morgan fingerprint density at radius 3 is 2.97 bits per heavy atom. The molecular formula is C22H23N5O3. The normalized spacial score (nSPS) is 17.1. The van der Waals surface area contributed by atoms with Crippen molar-refractivity contribution in [3.05, 3.63) is 82.4 Å². The van der Waals surface area contributed by atoms with Crippen molar-refractivity contribution in [1.29, 1.82) is 0 Å². The number of aromatic nitrogens is 3. The van der Waals surface area contributed by atoms with Gasteiger partial charge in [-0.15, -0.1) is 0 Å². The molecule has 4 aromatic rings. The van der Waals surface area contributed by atoms with Gasteiger partial charge in [0.2, 0.25) is 5.69 Å². The summed E-state index contributed by atoms with van der Waals surface area (Å²) in [4.78, 5) is 3.60. The summed E-state index contributed by atoms with van der Waals surface area (Å²) in [5.74, 6) is 0.749. The molecule has 0 saturated heterocycles. The molecule has 8 heteroatoms. The highest BCUT2D eigenvalue weighted by molar-refractivity contribution is 5.85. The van der Waals surface area contributed by atoms with E-state index in [0.29, 0.717) is 6.54 Å². The van der Waals surface area contributed by atoms with Gasteiger partial charge < -0.3 is 20.2 Å². The van der Waals surface area contributed by atoms with Gasteiger partial charge in [0.05, 0.1) is 25.9 Å². The average Bonchev–Trinajstić information content (AvgIpc) is 3.38. The Bertz CT molecular complexity index is 1200. The first-order valence-electron chi connectivity index (χ1n) is 9.89. The van der Waals surface area contributed by atoms with E-state index in [-0.39, 0.29) is 11.7 Å². The Morgan fingerprint density at radius 2 is 2.17 bits per heavy atom. The minimum Gasteiger partial charge on any atom is -0.595 e. The van der Waals surface area contributed by atoms with E-state index in [1.165, 1.54) is 29.0 Å². The summed E-state index contributed by atoms with van der Waals surface area (Å²) >= 11 is 0. The molecule has 8 nitrogen and oxygen atoms in total. The van der Waals surface area contributed by atoms with Crippen LogP contribution in [-0.4, -0.2) is 33.6 Å². The zero-order chi connectivity index (χ0) is 20.7. The molecule has 0 spiro atoms. The fourth-order valence-corrected chi connectivity index (χ4v) is 4.30. The Hall–Kier alpha value is -3.17. The van der Waals surface area contributed by atoms with Crippen molar-refractivity contribution in [3.8, 4) is 5.75 Å². The molecular weight excluding hydrogens is 382 g/mol. The minimum absolute atomic E-state index is 0.0537. The van der Waals surface area contributed by atoms with Gasteiger partial charge in [0, 0.05) is 28.7 Å². The number of nitrogens with zero attached hydrogens (tertiary/aromatic N) is 2. The second-order valence-corrected chi connectivity index (χ2v) is 7.50. The standard InChI is InChI=1S/C22H23N5O3/c1-30-20-7-6-14(10-15(20)12-26-13-16(11-24-26)27(28)29)21-22-18(8-9-23-21)17-4-2-3-5-19(17)25-22/h2-7,10-11,13,21,23,25,27-28H,8-9,12H2,1H3. The Morgan fingerprint density at radius 1 is 1.30 bits per heavy atom. The number of hydrogen-bond donors (Lipinski definition) is 4. The molecule has 0 aliphatic carbocycles. The summed E-state index contributed by atoms with van der Waals surface area (Å²) in [6.45, 7) is 1.33. The van der Waals surface area contributed by atoms with Crippen molar-refractivity contribution in [2.45, 2.75) is 19.0 Å². The highest BCUT2D eigenvalue weighted by Crippen LogP contribution is 2.35. The van der Waals surface area contributed by atoms with Crippen LogP contribution in [0.15, 0.2) is 54.9 Å². The topological polar surface area (TPSA) is 103 Å². The summed E-state index contributed by atoms with van der Waals surface area (Å²) in [6.07, 6.45) is 3.88. The van der Waals surface area contributed by atoms with E-state index in [0.717, 1.165) is 35.4 Å². The number of para-hydroxylation sites is 1. The van der Waals surface area contributed by atoms with Gasteiger partial charge in [-0.1, -0.05) is 24.3 Å². The van der Waals surface area contributed by atoms with E-state index in [4.69, 9.17) is 9.94 Å². The van der Waals surface area contributed by atoms with E-state index in [9.17, 15) is 5.21 Å². The van der Waals surface area contributed by atoms with E-state index in [1.54, 1.807) is 11.8 Å². The van der Waals surface area contributed by atoms with Gasteiger partial charge in [-0.25, -0.2) is 5.21 Å². The van der Waals surface area contributed by atoms with Crippen LogP contribution in [0.2, 0.25) is 0 Å². The number of hydrogen-bond acceptors (Lipinski definition) is 5. The molecule has 0 amide bonds. The van der Waals surface area contributed by atoms with Gasteiger partial charge in [0.1, 0.15) is 11.9 Å². The lowest BCUT2D eigenvalue weighted by atomic mass is 9.93. The number of aromatic amines is 1. The van der Waals surface area contributed by atoms with Crippen LogP contribution >= 0.6 is 0 Å². The van der Waals surface area contributed by atoms with Crippen molar-refractivity contribution in [3.63, 3.8) is 0 Å². The lowest BCUT2D eigenvalue weighted by Crippen LogP contribution is -2.99. The first-order valence-corrected chi connectivity index (χ1v) is 9.89. The fourth-order valence-electron chi connectivity index (χ4n) is 4.30. The summed E-state index contributed by atoms with van der Waals surface area (Å²) in [6, 6.07) is 14.6. The maximum Gasteiger partial charge on any atom is 0.202 e. The van der Waals surface area contributed by atoms with E-state index in [2.05, 4.69) is 45.7 Å². The quantitative estimate of drug-likeness (QED) is 0.381. The second kappa shape index (κ2) is 7.58. The van der Waals surface area contributed by atoms with Crippen LogP contribution in [0.4, 0.5) is 5.69 Å². The predicted molar refractivity (Wildman–Crippen MR) is 112 cm³/mol. The van der Waals surface area contributed by atoms with Crippen molar-refractivity contribution in [2.24, 2.45) is 0 Å². The average molecular weight is 405 g/mol. The van der Waals surface area contributed by atoms with Crippen LogP contribution in [0.5, 0.6) is 5.75 Å². The van der Waals surface area contributed by atoms with Gasteiger partial charge >= 0.3 is 0 Å². The zero-order valence-corrected chi connectivity index (χ0v) is 16.6. The Balaban J connectivity index is 1.52. The van der Waals surface area contributed by atoms with E-state index in [1.807, 2.05) is 12.1 Å². The first-order chi connectivity index (χ1) is 14.6. The van der Waals surface area contributed by atoms with Gasteiger partial charge in [0.15, 0.2) is 0 Å². The molecule has 2 aromatic carbocycles. The van der Waals surface area contributed by atoms with Crippen LogP contribution in [0, 0.1) is 5.21 Å². The molecule has 0 fully saturated rings. The summed E-state index contributed by atoms with van der Waals surface area (Å²) in [5, 5.41) is 28.4. The highest BCUT2D eigenvalue weighted by Gasteiger charge is 2.25. The van der Waals surface area contributed by atoms with Crippen molar-refractivity contribution in [2.75, 3.05) is 13.7 Å². The SMILES string of the molecule is COc1ccc(C2NCCc3c2[nH]c2ccccc32)cc1Cn1cc([NH+]([O-])O)cn1. The molecule has 0 bridgehead atoms. The number of methoxy groups -OCH3 is 1. The summed E-state index contributed by atoms with van der Waals surface area (Å²) in [5.41, 5.74) is 5.96. The predicted octanol–water partition coefficient (Wildman–Crippen LogP) is 2.06. The number of ether oxygens (including phenoxy) is 1. The minimum atomic E-state index is -0.986. The van der Waals surface area contributed by atoms with Crippen molar-refractivity contribution < 1.29 is 15.2 Å². The van der Waals surface area contributed by atoms with Crippen molar-refractivity contribution >= 4 is 16.6 Å². The summed E-state index contributed by atoms with van der Waals surface area (Å²) in [7, 11) is 1.64. The van der Waals surface area contributed by atoms with E-state index < -0.39 is 5.23 Å². The monoisotopic (exact) mass is 405 g/mol. The molecule has 2 atom stereocenters. The number of fused-ring (bicyclic) bond motifs is 3. The van der Waals surface area contributed by atoms with Crippen LogP contribution in [-0.2, 0) is 13.0 Å². The molecule has 3 heterocycles. The lowest BCUT2D eigenvalue weighted by molar-refractivity contribution is -0.991.